The number of methoxy groups -OCH3 is 2. The summed E-state index contributed by atoms with van der Waals surface area (Å²) in [6.07, 6.45) is 21.2. The summed E-state index contributed by atoms with van der Waals surface area (Å²) in [6.45, 7) is 2.05. The number of terminal acetylenes is 1. The molecule has 4 atom stereocenters. The van der Waals surface area contributed by atoms with Gasteiger partial charge in [-0.15, -0.1) is 6.42 Å². The molecule has 8 rings (SSSR count). The average Bonchev–Trinajstić information content (AvgIpc) is 3.80. The third-order valence-corrected chi connectivity index (χ3v) is 11.4. The summed E-state index contributed by atoms with van der Waals surface area (Å²) in [5.74, 6) is 6.64. The van der Waals surface area contributed by atoms with Crippen LogP contribution in [-0.2, 0) is 11.0 Å². The third-order valence-electron chi connectivity index (χ3n) is 11.4. The number of fused-ring (bicyclic) bond motifs is 13. The topological polar surface area (TPSA) is 30.9 Å². The van der Waals surface area contributed by atoms with Crippen LogP contribution in [0.1, 0.15) is 54.9 Å². The Balaban J connectivity index is 1.45. The molecule has 0 saturated heterocycles. The number of anilines is 1. The van der Waals surface area contributed by atoms with E-state index in [-0.39, 0.29) is 5.41 Å². The predicted molar refractivity (Wildman–Crippen MR) is 193 cm³/mol. The number of benzene rings is 4. The molecule has 4 unspecified atom stereocenters. The molecule has 4 aromatic carbocycles. The number of hydrogen-bond acceptors (Lipinski definition) is 4. The lowest BCUT2D eigenvalue weighted by Crippen LogP contribution is -2.37. The van der Waals surface area contributed by atoms with Gasteiger partial charge in [-0.25, -0.2) is 0 Å². The van der Waals surface area contributed by atoms with Crippen LogP contribution < -0.4 is 19.1 Å². The van der Waals surface area contributed by atoms with Crippen LogP contribution in [-0.4, -0.2) is 28.3 Å². The Morgan fingerprint density at radius 3 is 2.40 bits per heavy atom. The monoisotopic (exact) mass is 619 g/mol. The summed E-state index contributed by atoms with van der Waals surface area (Å²) in [4.78, 5) is 2.11. The minimum absolute atomic E-state index is 0.0752. The van der Waals surface area contributed by atoms with Crippen molar-refractivity contribution < 1.29 is 14.2 Å². The molecule has 2 fully saturated rings. The second-order valence-electron chi connectivity index (χ2n) is 13.7. The van der Waals surface area contributed by atoms with Crippen molar-refractivity contribution in [3.05, 3.63) is 113 Å². The first-order valence-corrected chi connectivity index (χ1v) is 16.7. The van der Waals surface area contributed by atoms with Gasteiger partial charge in [0.2, 0.25) is 0 Å². The van der Waals surface area contributed by atoms with Gasteiger partial charge in [0.1, 0.15) is 17.2 Å². The summed E-state index contributed by atoms with van der Waals surface area (Å²) in [5.41, 5.74) is 8.87. The van der Waals surface area contributed by atoms with Gasteiger partial charge < -0.3 is 19.1 Å². The zero-order valence-electron chi connectivity index (χ0n) is 27.9. The number of hydrogen-bond donors (Lipinski definition) is 0. The van der Waals surface area contributed by atoms with Crippen molar-refractivity contribution >= 4 is 22.5 Å². The highest BCUT2D eigenvalue weighted by Gasteiger charge is 2.59. The molecular weight excluding hydrogens is 578 g/mol. The van der Waals surface area contributed by atoms with Gasteiger partial charge in [-0.1, -0.05) is 42.7 Å². The van der Waals surface area contributed by atoms with Crippen molar-refractivity contribution in [2.75, 3.05) is 33.2 Å². The van der Waals surface area contributed by atoms with Crippen LogP contribution in [0.5, 0.6) is 17.2 Å². The second-order valence-corrected chi connectivity index (χ2v) is 13.7. The molecule has 2 saturated carbocycles. The fourth-order valence-corrected chi connectivity index (χ4v) is 9.39. The number of rotatable bonds is 6. The molecule has 4 nitrogen and oxygen atoms in total. The lowest BCUT2D eigenvalue weighted by Gasteiger charge is -2.41. The molecule has 2 bridgehead atoms. The summed E-state index contributed by atoms with van der Waals surface area (Å²) < 4.78 is 19.2. The van der Waals surface area contributed by atoms with E-state index in [0.29, 0.717) is 5.92 Å². The Labute approximate surface area is 278 Å². The van der Waals surface area contributed by atoms with E-state index in [1.54, 1.807) is 20.3 Å². The molecule has 3 aliphatic carbocycles. The largest absolute Gasteiger partial charge is 0.497 e. The third kappa shape index (κ3) is 4.08. The summed E-state index contributed by atoms with van der Waals surface area (Å²) in [7, 11) is 7.62. The zero-order valence-corrected chi connectivity index (χ0v) is 27.9. The van der Waals surface area contributed by atoms with E-state index >= 15 is 0 Å². The molecule has 47 heavy (non-hydrogen) atoms. The van der Waals surface area contributed by atoms with Gasteiger partial charge in [-0.2, -0.15) is 0 Å². The van der Waals surface area contributed by atoms with Crippen LogP contribution in [0.3, 0.4) is 0 Å². The van der Waals surface area contributed by atoms with Crippen LogP contribution >= 0.6 is 0 Å². The van der Waals surface area contributed by atoms with Crippen molar-refractivity contribution in [2.45, 2.75) is 43.6 Å². The molecule has 0 amide bonds. The Morgan fingerprint density at radius 1 is 0.979 bits per heavy atom. The Morgan fingerprint density at radius 2 is 1.74 bits per heavy atom. The second kappa shape index (κ2) is 10.8. The van der Waals surface area contributed by atoms with Crippen molar-refractivity contribution in [1.82, 2.24) is 0 Å². The van der Waals surface area contributed by atoms with Gasteiger partial charge in [0, 0.05) is 47.3 Å². The van der Waals surface area contributed by atoms with E-state index in [0.717, 1.165) is 51.8 Å². The summed E-state index contributed by atoms with van der Waals surface area (Å²) >= 11 is 0. The van der Waals surface area contributed by atoms with E-state index in [1.165, 1.54) is 52.5 Å². The van der Waals surface area contributed by atoms with Gasteiger partial charge in [-0.05, 0) is 126 Å². The SMILES string of the molecule is C#C/C=C\C(=C/C)C1(c2ccc(N(C)C)cc2)C=Cc2c3c(c4ccc(OC)cc4c2O1)-c1ccc(OC)cc1C31CC2CCC1C2. The van der Waals surface area contributed by atoms with E-state index in [9.17, 15) is 0 Å². The standard InChI is InChI=1S/C43H41NO3/c1-7-9-10-28(8-2)43(29-13-15-31(16-14-29)44(3)4)22-21-36-40-39(34-19-17-32(45-5)24-37(34)41(36)47-43)35-20-18-33(46-6)25-38(35)42(40)26-27-11-12-30(42)23-27/h1,8-10,13-22,24-25,27,30H,11-12,23,26H2,2-6H3/b10-9-,28-8+. The molecule has 1 heterocycles. The number of ether oxygens (including phenoxy) is 3. The van der Waals surface area contributed by atoms with Gasteiger partial charge in [0.05, 0.1) is 14.2 Å². The first-order valence-electron chi connectivity index (χ1n) is 16.7. The minimum Gasteiger partial charge on any atom is -0.497 e. The molecule has 0 radical (unpaired) electrons. The number of allylic oxidation sites excluding steroid dienone is 2. The normalized spacial score (nSPS) is 25.1. The zero-order chi connectivity index (χ0) is 32.5. The van der Waals surface area contributed by atoms with Gasteiger partial charge in [0.25, 0.3) is 0 Å². The Hall–Kier alpha value is -4.88. The van der Waals surface area contributed by atoms with Crippen molar-refractivity contribution in [3.63, 3.8) is 0 Å². The fourth-order valence-electron chi connectivity index (χ4n) is 9.39. The van der Waals surface area contributed by atoms with Crippen molar-refractivity contribution in [1.29, 1.82) is 0 Å². The molecule has 4 aliphatic rings. The highest BCUT2D eigenvalue weighted by Crippen LogP contribution is 2.69. The maximum atomic E-state index is 7.55. The quantitative estimate of drug-likeness (QED) is 0.159. The first kappa shape index (κ1) is 29.5. The van der Waals surface area contributed by atoms with Crippen LogP contribution in [0.15, 0.2) is 90.5 Å². The van der Waals surface area contributed by atoms with Crippen LogP contribution in [0.4, 0.5) is 5.69 Å². The highest BCUT2D eigenvalue weighted by atomic mass is 16.5. The van der Waals surface area contributed by atoms with E-state index in [4.69, 9.17) is 20.6 Å². The predicted octanol–water partition coefficient (Wildman–Crippen LogP) is 9.45. The lowest BCUT2D eigenvalue weighted by molar-refractivity contribution is 0.162. The molecule has 1 spiro atoms. The minimum atomic E-state index is -0.888. The van der Waals surface area contributed by atoms with Gasteiger partial charge in [-0.3, -0.25) is 0 Å². The summed E-state index contributed by atoms with van der Waals surface area (Å²) in [5, 5.41) is 2.24. The smallest absolute Gasteiger partial charge is 0.177 e. The molecule has 1 aliphatic heterocycles. The maximum absolute atomic E-state index is 7.55. The fraction of sp³-hybridized carbons (Fsp3) is 0.302. The Bertz CT molecular complexity index is 2060. The summed E-state index contributed by atoms with van der Waals surface area (Å²) in [6, 6.07) is 21.9. The lowest BCUT2D eigenvalue weighted by atomic mass is 9.65. The van der Waals surface area contributed by atoms with Crippen LogP contribution in [0, 0.1) is 24.2 Å². The highest BCUT2D eigenvalue weighted by molar-refractivity contribution is 6.09. The molecule has 4 heteroatoms. The van der Waals surface area contributed by atoms with Crippen molar-refractivity contribution in [3.8, 4) is 40.7 Å². The number of nitrogens with zero attached hydrogens (tertiary/aromatic N) is 1. The van der Waals surface area contributed by atoms with Gasteiger partial charge in [0.15, 0.2) is 5.60 Å². The Kier molecular flexibility index (Phi) is 6.81. The molecule has 0 aromatic heterocycles. The molecular formula is C43H41NO3. The average molecular weight is 620 g/mol. The first-order chi connectivity index (χ1) is 22.9. The van der Waals surface area contributed by atoms with E-state index in [2.05, 4.69) is 111 Å². The van der Waals surface area contributed by atoms with Gasteiger partial charge >= 0.3 is 0 Å². The molecule has 236 valence electrons. The van der Waals surface area contributed by atoms with E-state index in [1.807, 2.05) is 6.08 Å². The van der Waals surface area contributed by atoms with Crippen molar-refractivity contribution in [2.24, 2.45) is 11.8 Å². The maximum Gasteiger partial charge on any atom is 0.177 e. The van der Waals surface area contributed by atoms with E-state index < -0.39 is 5.60 Å². The molecule has 0 N–H and O–H groups in total. The molecule has 4 aromatic rings. The van der Waals surface area contributed by atoms with Crippen LogP contribution in [0.2, 0.25) is 0 Å². The van der Waals surface area contributed by atoms with Crippen LogP contribution in [0.25, 0.3) is 28.0 Å².